The van der Waals surface area contributed by atoms with Crippen molar-refractivity contribution in [3.8, 4) is 17.2 Å². The second-order valence-corrected chi connectivity index (χ2v) is 3.55. The molecule has 0 radical (unpaired) electrons. The molecule has 0 aromatic heterocycles. The Hall–Kier alpha value is -2.05. The lowest BCUT2D eigenvalue weighted by atomic mass is 10.1. The molecule has 6 heteroatoms. The van der Waals surface area contributed by atoms with Crippen LogP contribution >= 0.6 is 0 Å². The van der Waals surface area contributed by atoms with Crippen LogP contribution in [-0.4, -0.2) is 32.1 Å². The van der Waals surface area contributed by atoms with E-state index in [9.17, 15) is 4.79 Å². The number of rotatable bonds is 6. The second kappa shape index (κ2) is 7.40. The smallest absolute Gasteiger partial charge is 0.308 e. The Morgan fingerprint density at radius 3 is 2.26 bits per heavy atom. The van der Waals surface area contributed by atoms with Gasteiger partial charge in [0.2, 0.25) is 5.75 Å². The molecule has 0 heterocycles. The minimum atomic E-state index is -0.464. The molecule has 0 saturated heterocycles. The summed E-state index contributed by atoms with van der Waals surface area (Å²) in [4.78, 5) is 15.0. The van der Waals surface area contributed by atoms with Crippen molar-refractivity contribution in [3.63, 3.8) is 0 Å². The monoisotopic (exact) mass is 268 g/mol. The van der Waals surface area contributed by atoms with Crippen LogP contribution < -0.4 is 14.2 Å². The topological polar surface area (TPSA) is 74.2 Å². The van der Waals surface area contributed by atoms with Gasteiger partial charge in [-0.1, -0.05) is 12.2 Å². The number of carbonyl (C=O) groups is 1. The van der Waals surface area contributed by atoms with Crippen LogP contribution in [0.25, 0.3) is 6.08 Å². The number of hydrogen-bond donors (Lipinski definition) is 1. The minimum absolute atomic E-state index is 0.0658. The van der Waals surface area contributed by atoms with Crippen molar-refractivity contribution < 1.29 is 29.1 Å². The van der Waals surface area contributed by atoms with Gasteiger partial charge in [0.05, 0.1) is 14.2 Å². The molecular formula is C13H16O6. The molecule has 1 rings (SSSR count). The first-order valence-corrected chi connectivity index (χ1v) is 5.49. The van der Waals surface area contributed by atoms with Crippen LogP contribution in [0.1, 0.15) is 12.5 Å². The van der Waals surface area contributed by atoms with Crippen molar-refractivity contribution in [2.75, 3.05) is 20.8 Å². The van der Waals surface area contributed by atoms with Crippen LogP contribution in [0.5, 0.6) is 17.2 Å². The average Bonchev–Trinajstić information content (AvgIpc) is 2.39. The van der Waals surface area contributed by atoms with Crippen molar-refractivity contribution in [2.24, 2.45) is 0 Å². The number of methoxy groups -OCH3 is 2. The summed E-state index contributed by atoms with van der Waals surface area (Å²) in [5.74, 6) is 0.514. The van der Waals surface area contributed by atoms with Crippen LogP contribution in [0.2, 0.25) is 0 Å². The molecule has 0 amide bonds. The van der Waals surface area contributed by atoms with Gasteiger partial charge in [-0.15, -0.1) is 0 Å². The van der Waals surface area contributed by atoms with Crippen LogP contribution in [0, 0.1) is 0 Å². The fourth-order valence-electron chi connectivity index (χ4n) is 1.47. The molecule has 1 aromatic rings. The van der Waals surface area contributed by atoms with E-state index in [-0.39, 0.29) is 12.4 Å². The quantitative estimate of drug-likeness (QED) is 0.369. The summed E-state index contributed by atoms with van der Waals surface area (Å²) < 4.78 is 15.4. The lowest BCUT2D eigenvalue weighted by molar-refractivity contribution is -0.231. The summed E-state index contributed by atoms with van der Waals surface area (Å²) in [7, 11) is 2.93. The van der Waals surface area contributed by atoms with Crippen molar-refractivity contribution in [1.82, 2.24) is 0 Å². The highest BCUT2D eigenvalue weighted by Crippen LogP contribution is 2.38. The van der Waals surface area contributed by atoms with Gasteiger partial charge in [-0.25, -0.2) is 4.89 Å². The molecule has 19 heavy (non-hydrogen) atoms. The summed E-state index contributed by atoms with van der Waals surface area (Å²) >= 11 is 0. The Bertz CT molecular complexity index is 441. The largest absolute Gasteiger partial charge is 0.493 e. The first kappa shape index (κ1) is 15.0. The highest BCUT2D eigenvalue weighted by atomic mass is 17.1. The van der Waals surface area contributed by atoms with Gasteiger partial charge in [-0.3, -0.25) is 10.1 Å². The summed E-state index contributed by atoms with van der Waals surface area (Å²) in [6, 6.07) is 3.35. The van der Waals surface area contributed by atoms with Crippen molar-refractivity contribution in [2.45, 2.75) is 6.92 Å². The van der Waals surface area contributed by atoms with Gasteiger partial charge in [-0.05, 0) is 17.7 Å². The van der Waals surface area contributed by atoms with Gasteiger partial charge in [0.25, 0.3) is 0 Å². The first-order valence-electron chi connectivity index (χ1n) is 5.49. The fraction of sp³-hybridized carbons (Fsp3) is 0.308. The number of hydrogen-bond acceptors (Lipinski definition) is 6. The Morgan fingerprint density at radius 2 is 1.84 bits per heavy atom. The van der Waals surface area contributed by atoms with Crippen LogP contribution in [0.4, 0.5) is 0 Å². The Balaban J connectivity index is 3.15. The second-order valence-electron chi connectivity index (χ2n) is 3.55. The maximum Gasteiger partial charge on any atom is 0.308 e. The third-order valence-electron chi connectivity index (χ3n) is 2.21. The van der Waals surface area contributed by atoms with E-state index in [1.807, 2.05) is 0 Å². The van der Waals surface area contributed by atoms with E-state index in [1.165, 1.54) is 21.1 Å². The molecule has 0 aliphatic rings. The Labute approximate surface area is 111 Å². The molecule has 0 aliphatic carbocycles. The maximum atomic E-state index is 11.1. The van der Waals surface area contributed by atoms with E-state index in [0.29, 0.717) is 11.5 Å². The number of carbonyl (C=O) groups excluding carboxylic acids is 1. The third kappa shape index (κ3) is 4.27. The van der Waals surface area contributed by atoms with E-state index in [0.717, 1.165) is 5.56 Å². The summed E-state index contributed by atoms with van der Waals surface area (Å²) in [6.07, 6.45) is 3.32. The lowest BCUT2D eigenvalue weighted by Crippen LogP contribution is -2.05. The minimum Gasteiger partial charge on any atom is -0.493 e. The number of benzene rings is 1. The lowest BCUT2D eigenvalue weighted by Gasteiger charge is -2.13. The average molecular weight is 268 g/mol. The van der Waals surface area contributed by atoms with Crippen LogP contribution in [0.3, 0.4) is 0 Å². The molecule has 6 nitrogen and oxygen atoms in total. The van der Waals surface area contributed by atoms with Crippen molar-refractivity contribution >= 4 is 12.0 Å². The van der Waals surface area contributed by atoms with Gasteiger partial charge in [0, 0.05) is 6.92 Å². The van der Waals surface area contributed by atoms with Gasteiger partial charge in [0.1, 0.15) is 6.61 Å². The summed E-state index contributed by atoms with van der Waals surface area (Å²) in [5.41, 5.74) is 0.752. The van der Waals surface area contributed by atoms with Crippen molar-refractivity contribution in [1.29, 1.82) is 0 Å². The molecule has 0 fully saturated rings. The summed E-state index contributed by atoms with van der Waals surface area (Å²) in [5, 5.41) is 8.23. The molecular weight excluding hydrogens is 252 g/mol. The predicted octanol–water partition coefficient (Wildman–Crippen LogP) is 2.13. The van der Waals surface area contributed by atoms with E-state index >= 15 is 0 Å². The molecule has 0 spiro atoms. The third-order valence-corrected chi connectivity index (χ3v) is 2.21. The molecule has 0 aliphatic heterocycles. The van der Waals surface area contributed by atoms with Crippen molar-refractivity contribution in [3.05, 3.63) is 23.8 Å². The molecule has 104 valence electrons. The molecule has 0 unspecified atom stereocenters. The van der Waals surface area contributed by atoms with Gasteiger partial charge in [-0.2, -0.15) is 0 Å². The number of esters is 1. The van der Waals surface area contributed by atoms with E-state index in [2.05, 4.69) is 4.89 Å². The first-order chi connectivity index (χ1) is 9.12. The SMILES string of the molecule is COc1cc(/C=C/COO)cc(OC)c1OC(C)=O. The zero-order valence-corrected chi connectivity index (χ0v) is 11.0. The Kier molecular flexibility index (Phi) is 5.84. The maximum absolute atomic E-state index is 11.1. The van der Waals surface area contributed by atoms with Crippen LogP contribution in [0.15, 0.2) is 18.2 Å². The molecule has 0 atom stereocenters. The molecule has 0 saturated carbocycles. The zero-order valence-electron chi connectivity index (χ0n) is 11.0. The van der Waals surface area contributed by atoms with Gasteiger partial charge in [0.15, 0.2) is 11.5 Å². The van der Waals surface area contributed by atoms with Gasteiger partial charge >= 0.3 is 5.97 Å². The van der Waals surface area contributed by atoms with Gasteiger partial charge < -0.3 is 14.2 Å². The highest BCUT2D eigenvalue weighted by molar-refractivity contribution is 5.73. The molecule has 0 bridgehead atoms. The predicted molar refractivity (Wildman–Crippen MR) is 68.5 cm³/mol. The normalized spacial score (nSPS) is 10.5. The van der Waals surface area contributed by atoms with E-state index < -0.39 is 5.97 Å². The zero-order chi connectivity index (χ0) is 14.3. The Morgan fingerprint density at radius 1 is 1.26 bits per heavy atom. The highest BCUT2D eigenvalue weighted by Gasteiger charge is 2.15. The fourth-order valence-corrected chi connectivity index (χ4v) is 1.47. The molecule has 1 aromatic carbocycles. The molecule has 1 N–H and O–H groups in total. The van der Waals surface area contributed by atoms with E-state index in [4.69, 9.17) is 19.5 Å². The summed E-state index contributed by atoms with van der Waals surface area (Å²) in [6.45, 7) is 1.36. The van der Waals surface area contributed by atoms with Crippen LogP contribution in [-0.2, 0) is 9.68 Å². The number of ether oxygens (including phenoxy) is 3. The van der Waals surface area contributed by atoms with E-state index in [1.54, 1.807) is 24.3 Å². The standard InChI is InChI=1S/C13H16O6/c1-9(14)19-13-11(16-2)7-10(5-4-6-18-15)8-12(13)17-3/h4-5,7-8,15H,6H2,1-3H3/b5-4+.